The molecule has 3 N–H and O–H groups in total. The summed E-state index contributed by atoms with van der Waals surface area (Å²) in [5, 5.41) is 10.6. The third kappa shape index (κ3) is 2.85. The third-order valence-electron chi connectivity index (χ3n) is 3.26. The molecule has 6 heteroatoms. The fraction of sp³-hybridized carbons (Fsp3) is 0.357. The highest BCUT2D eigenvalue weighted by Gasteiger charge is 2.19. The summed E-state index contributed by atoms with van der Waals surface area (Å²) in [6, 6.07) is 5.48. The van der Waals surface area contributed by atoms with Gasteiger partial charge in [-0.15, -0.1) is 5.10 Å². The Balaban J connectivity index is 2.18. The SMILES string of the molecule is Cc1ccc(C)c(NC(=O)C(C)n2nncc2CN)c1. The molecule has 2 rings (SSSR count). The molecule has 1 aromatic carbocycles. The maximum absolute atomic E-state index is 12.3. The lowest BCUT2D eigenvalue weighted by Crippen LogP contribution is -2.26. The minimum Gasteiger partial charge on any atom is -0.325 e. The van der Waals surface area contributed by atoms with Gasteiger partial charge in [0.05, 0.1) is 11.9 Å². The van der Waals surface area contributed by atoms with Crippen molar-refractivity contribution in [2.75, 3.05) is 5.32 Å². The highest BCUT2D eigenvalue weighted by Crippen LogP contribution is 2.18. The summed E-state index contributed by atoms with van der Waals surface area (Å²) in [6.07, 6.45) is 1.57. The number of hydrogen-bond acceptors (Lipinski definition) is 4. The van der Waals surface area contributed by atoms with Crippen LogP contribution in [0.1, 0.15) is 29.8 Å². The Labute approximate surface area is 118 Å². The van der Waals surface area contributed by atoms with Crippen molar-refractivity contribution < 1.29 is 4.79 Å². The van der Waals surface area contributed by atoms with Crippen molar-refractivity contribution in [3.8, 4) is 0 Å². The van der Waals surface area contributed by atoms with Crippen LogP contribution in [-0.2, 0) is 11.3 Å². The van der Waals surface area contributed by atoms with Gasteiger partial charge in [-0.25, -0.2) is 4.68 Å². The van der Waals surface area contributed by atoms with Gasteiger partial charge >= 0.3 is 0 Å². The minimum absolute atomic E-state index is 0.140. The van der Waals surface area contributed by atoms with Crippen molar-refractivity contribution >= 4 is 11.6 Å². The first-order valence-electron chi connectivity index (χ1n) is 6.50. The zero-order valence-corrected chi connectivity index (χ0v) is 11.9. The lowest BCUT2D eigenvalue weighted by atomic mass is 10.1. The van der Waals surface area contributed by atoms with Crippen LogP contribution in [0.3, 0.4) is 0 Å². The first kappa shape index (κ1) is 14.2. The molecule has 0 aliphatic heterocycles. The Morgan fingerprint density at radius 1 is 1.45 bits per heavy atom. The molecule has 0 aliphatic rings. The van der Waals surface area contributed by atoms with Crippen LogP contribution in [0.25, 0.3) is 0 Å². The maximum Gasteiger partial charge on any atom is 0.249 e. The van der Waals surface area contributed by atoms with Crippen molar-refractivity contribution in [2.45, 2.75) is 33.4 Å². The summed E-state index contributed by atoms with van der Waals surface area (Å²) in [4.78, 5) is 12.3. The number of rotatable bonds is 4. The van der Waals surface area contributed by atoms with Crippen molar-refractivity contribution in [1.29, 1.82) is 0 Å². The molecule has 1 aromatic heterocycles. The maximum atomic E-state index is 12.3. The number of benzene rings is 1. The summed E-state index contributed by atoms with van der Waals surface area (Å²) in [7, 11) is 0. The van der Waals surface area contributed by atoms with Crippen molar-refractivity contribution in [3.05, 3.63) is 41.2 Å². The normalized spacial score (nSPS) is 12.2. The number of nitrogens with zero attached hydrogens (tertiary/aromatic N) is 3. The van der Waals surface area contributed by atoms with Crippen molar-refractivity contribution in [2.24, 2.45) is 5.73 Å². The summed E-state index contributed by atoms with van der Waals surface area (Å²) in [5.74, 6) is -0.140. The van der Waals surface area contributed by atoms with E-state index in [0.29, 0.717) is 6.54 Å². The van der Waals surface area contributed by atoms with Gasteiger partial charge in [0.25, 0.3) is 0 Å². The van der Waals surface area contributed by atoms with Gasteiger partial charge in [-0.3, -0.25) is 4.79 Å². The van der Waals surface area contributed by atoms with Crippen LogP contribution in [-0.4, -0.2) is 20.9 Å². The third-order valence-corrected chi connectivity index (χ3v) is 3.26. The smallest absolute Gasteiger partial charge is 0.249 e. The van der Waals surface area contributed by atoms with Crippen molar-refractivity contribution in [1.82, 2.24) is 15.0 Å². The fourth-order valence-corrected chi connectivity index (χ4v) is 1.96. The molecule has 1 heterocycles. The van der Waals surface area contributed by atoms with Gasteiger partial charge in [-0.1, -0.05) is 17.3 Å². The van der Waals surface area contributed by atoms with E-state index in [4.69, 9.17) is 5.73 Å². The number of nitrogens with two attached hydrogens (primary N) is 1. The van der Waals surface area contributed by atoms with E-state index >= 15 is 0 Å². The number of carbonyl (C=O) groups is 1. The van der Waals surface area contributed by atoms with Crippen LogP contribution in [0, 0.1) is 13.8 Å². The molecule has 0 saturated heterocycles. The molecule has 20 heavy (non-hydrogen) atoms. The predicted octanol–water partition coefficient (Wildman–Crippen LogP) is 1.55. The minimum atomic E-state index is -0.462. The number of hydrogen-bond donors (Lipinski definition) is 2. The zero-order chi connectivity index (χ0) is 14.7. The predicted molar refractivity (Wildman–Crippen MR) is 77.2 cm³/mol. The topological polar surface area (TPSA) is 85.8 Å². The molecule has 106 valence electrons. The van der Waals surface area contributed by atoms with E-state index in [2.05, 4.69) is 15.6 Å². The number of anilines is 1. The van der Waals surface area contributed by atoms with E-state index in [0.717, 1.165) is 22.5 Å². The molecule has 6 nitrogen and oxygen atoms in total. The van der Waals surface area contributed by atoms with E-state index < -0.39 is 6.04 Å². The lowest BCUT2D eigenvalue weighted by molar-refractivity contribution is -0.119. The number of aryl methyl sites for hydroxylation is 2. The van der Waals surface area contributed by atoms with Gasteiger partial charge in [0, 0.05) is 12.2 Å². The molecule has 1 atom stereocenters. The van der Waals surface area contributed by atoms with Crippen LogP contribution in [0.2, 0.25) is 0 Å². The Morgan fingerprint density at radius 2 is 2.20 bits per heavy atom. The van der Waals surface area contributed by atoms with Crippen LogP contribution in [0.15, 0.2) is 24.4 Å². The Morgan fingerprint density at radius 3 is 2.90 bits per heavy atom. The first-order chi connectivity index (χ1) is 9.52. The average Bonchev–Trinajstić information content (AvgIpc) is 2.90. The molecule has 0 bridgehead atoms. The summed E-state index contributed by atoms with van der Waals surface area (Å²) in [5.41, 5.74) is 9.26. The molecule has 0 fully saturated rings. The summed E-state index contributed by atoms with van der Waals surface area (Å²) < 4.78 is 1.54. The lowest BCUT2D eigenvalue weighted by Gasteiger charge is -2.15. The Hall–Kier alpha value is -2.21. The van der Waals surface area contributed by atoms with Crippen molar-refractivity contribution in [3.63, 3.8) is 0 Å². The number of nitrogens with one attached hydrogen (secondary N) is 1. The van der Waals surface area contributed by atoms with Crippen LogP contribution in [0.5, 0.6) is 0 Å². The average molecular weight is 273 g/mol. The largest absolute Gasteiger partial charge is 0.325 e. The molecule has 0 saturated carbocycles. The van der Waals surface area contributed by atoms with Gasteiger partial charge in [-0.2, -0.15) is 0 Å². The van der Waals surface area contributed by atoms with Gasteiger partial charge < -0.3 is 11.1 Å². The Bertz CT molecular complexity index is 620. The highest BCUT2D eigenvalue weighted by molar-refractivity contribution is 5.94. The van der Waals surface area contributed by atoms with E-state index in [1.165, 1.54) is 0 Å². The van der Waals surface area contributed by atoms with E-state index in [1.807, 2.05) is 32.0 Å². The van der Waals surface area contributed by atoms with Gasteiger partial charge in [0.15, 0.2) is 0 Å². The van der Waals surface area contributed by atoms with E-state index in [-0.39, 0.29) is 5.91 Å². The summed E-state index contributed by atoms with van der Waals surface area (Å²) >= 11 is 0. The first-order valence-corrected chi connectivity index (χ1v) is 6.50. The second kappa shape index (κ2) is 5.83. The molecular weight excluding hydrogens is 254 g/mol. The van der Waals surface area contributed by atoms with Crippen LogP contribution >= 0.6 is 0 Å². The molecule has 2 aromatic rings. The molecular formula is C14H19N5O. The van der Waals surface area contributed by atoms with Crippen LogP contribution < -0.4 is 11.1 Å². The van der Waals surface area contributed by atoms with Gasteiger partial charge in [0.1, 0.15) is 6.04 Å². The van der Waals surface area contributed by atoms with Gasteiger partial charge in [-0.05, 0) is 38.0 Å². The second-order valence-electron chi connectivity index (χ2n) is 4.86. The van der Waals surface area contributed by atoms with Gasteiger partial charge in [0.2, 0.25) is 5.91 Å². The molecule has 0 spiro atoms. The number of aromatic nitrogens is 3. The summed E-state index contributed by atoms with van der Waals surface area (Å²) in [6.45, 7) is 6.02. The second-order valence-corrected chi connectivity index (χ2v) is 4.86. The molecule has 0 radical (unpaired) electrons. The monoisotopic (exact) mass is 273 g/mol. The highest BCUT2D eigenvalue weighted by atomic mass is 16.2. The number of carbonyl (C=O) groups excluding carboxylic acids is 1. The Kier molecular flexibility index (Phi) is 4.14. The van der Waals surface area contributed by atoms with E-state index in [9.17, 15) is 4.79 Å². The van der Waals surface area contributed by atoms with E-state index in [1.54, 1.807) is 17.8 Å². The molecule has 0 aliphatic carbocycles. The van der Waals surface area contributed by atoms with Crippen LogP contribution in [0.4, 0.5) is 5.69 Å². The molecule has 1 amide bonds. The molecule has 1 unspecified atom stereocenters. The number of amides is 1. The fourth-order valence-electron chi connectivity index (χ4n) is 1.96. The standard InChI is InChI=1S/C14H19N5O/c1-9-4-5-10(2)13(6-9)17-14(20)11(3)19-12(7-15)8-16-18-19/h4-6,8,11H,7,15H2,1-3H3,(H,17,20). The quantitative estimate of drug-likeness (QED) is 0.885. The zero-order valence-electron chi connectivity index (χ0n) is 11.9.